The molecule has 106 valence electrons. The first kappa shape index (κ1) is 14.9. The van der Waals surface area contributed by atoms with E-state index in [-0.39, 0.29) is 5.76 Å². The van der Waals surface area contributed by atoms with Crippen LogP contribution in [-0.4, -0.2) is 18.2 Å². The fourth-order valence-electron chi connectivity index (χ4n) is 1.59. The van der Waals surface area contributed by atoms with E-state index in [2.05, 4.69) is 37.2 Å². The summed E-state index contributed by atoms with van der Waals surface area (Å²) in [6.45, 7) is 0.372. The Morgan fingerprint density at radius 2 is 2.10 bits per heavy atom. The third-order valence-electron chi connectivity index (χ3n) is 2.57. The fourth-order valence-corrected chi connectivity index (χ4v) is 2.89. The Hall–Kier alpha value is -1.47. The Morgan fingerprint density at radius 1 is 1.35 bits per heavy atom. The number of furan rings is 1. The van der Waals surface area contributed by atoms with Gasteiger partial charge in [-0.15, -0.1) is 0 Å². The lowest BCUT2D eigenvalue weighted by atomic mass is 10.3. The van der Waals surface area contributed by atoms with Gasteiger partial charge in [-0.1, -0.05) is 0 Å². The molecule has 0 saturated heterocycles. The average Bonchev–Trinajstić information content (AvgIpc) is 2.87. The van der Waals surface area contributed by atoms with E-state index < -0.39 is 5.97 Å². The zero-order chi connectivity index (χ0) is 14.7. The minimum Gasteiger partial charge on any atom is -0.495 e. The number of aromatic carboxylic acids is 1. The van der Waals surface area contributed by atoms with Gasteiger partial charge in [-0.25, -0.2) is 4.79 Å². The molecule has 0 spiro atoms. The van der Waals surface area contributed by atoms with Crippen molar-refractivity contribution in [3.05, 3.63) is 44.7 Å². The highest BCUT2D eigenvalue weighted by molar-refractivity contribution is 9.11. The van der Waals surface area contributed by atoms with Gasteiger partial charge in [0.15, 0.2) is 0 Å². The maximum absolute atomic E-state index is 10.7. The number of hydrogen-bond acceptors (Lipinski definition) is 4. The molecule has 2 N–H and O–H groups in total. The van der Waals surface area contributed by atoms with Crippen molar-refractivity contribution in [2.24, 2.45) is 0 Å². The van der Waals surface area contributed by atoms with Crippen LogP contribution in [0, 0.1) is 0 Å². The van der Waals surface area contributed by atoms with Crippen molar-refractivity contribution >= 4 is 43.5 Å². The summed E-state index contributed by atoms with van der Waals surface area (Å²) in [7, 11) is 1.59. The van der Waals surface area contributed by atoms with Crippen molar-refractivity contribution in [1.82, 2.24) is 0 Å². The second-order valence-electron chi connectivity index (χ2n) is 3.89. The maximum atomic E-state index is 10.7. The summed E-state index contributed by atoms with van der Waals surface area (Å²) in [6.07, 6.45) is 0. The molecule has 0 aliphatic heterocycles. The zero-order valence-corrected chi connectivity index (χ0v) is 13.6. The highest BCUT2D eigenvalue weighted by atomic mass is 79.9. The molecule has 2 aromatic rings. The zero-order valence-electron chi connectivity index (χ0n) is 10.4. The molecular formula is C13H11Br2NO4. The van der Waals surface area contributed by atoms with Gasteiger partial charge >= 0.3 is 5.97 Å². The van der Waals surface area contributed by atoms with Gasteiger partial charge in [0.1, 0.15) is 11.5 Å². The van der Waals surface area contributed by atoms with Gasteiger partial charge in [0.05, 0.1) is 23.8 Å². The van der Waals surface area contributed by atoms with Crippen LogP contribution < -0.4 is 10.1 Å². The van der Waals surface area contributed by atoms with Crippen LogP contribution in [0.5, 0.6) is 5.75 Å². The van der Waals surface area contributed by atoms with E-state index in [1.54, 1.807) is 13.2 Å². The number of hydrogen-bond donors (Lipinski definition) is 2. The highest BCUT2D eigenvalue weighted by Gasteiger charge is 2.10. The third-order valence-corrected chi connectivity index (χ3v) is 3.84. The molecule has 0 radical (unpaired) electrons. The van der Waals surface area contributed by atoms with Crippen LogP contribution in [-0.2, 0) is 6.54 Å². The van der Waals surface area contributed by atoms with Crippen molar-refractivity contribution in [3.8, 4) is 5.75 Å². The molecule has 20 heavy (non-hydrogen) atoms. The van der Waals surface area contributed by atoms with E-state index in [1.807, 2.05) is 12.1 Å². The van der Waals surface area contributed by atoms with Crippen LogP contribution in [0.25, 0.3) is 0 Å². The number of methoxy groups -OCH3 is 1. The summed E-state index contributed by atoms with van der Waals surface area (Å²) < 4.78 is 12.1. The van der Waals surface area contributed by atoms with E-state index in [9.17, 15) is 4.79 Å². The molecule has 0 aliphatic carbocycles. The molecule has 1 aromatic heterocycles. The molecule has 0 amide bonds. The molecule has 0 saturated carbocycles. The first-order valence-electron chi connectivity index (χ1n) is 5.60. The second-order valence-corrected chi connectivity index (χ2v) is 5.60. The van der Waals surface area contributed by atoms with E-state index in [0.29, 0.717) is 18.1 Å². The lowest BCUT2D eigenvalue weighted by Crippen LogP contribution is -2.00. The van der Waals surface area contributed by atoms with Gasteiger partial charge in [-0.05, 0) is 50.1 Å². The summed E-state index contributed by atoms with van der Waals surface area (Å²) in [5.74, 6) is 0.0783. The third kappa shape index (κ3) is 3.34. The normalized spacial score (nSPS) is 10.3. The largest absolute Gasteiger partial charge is 0.495 e. The molecule has 1 aromatic carbocycles. The van der Waals surface area contributed by atoms with Crippen molar-refractivity contribution in [2.75, 3.05) is 12.4 Å². The molecule has 0 bridgehead atoms. The minimum absolute atomic E-state index is 0.0748. The maximum Gasteiger partial charge on any atom is 0.371 e. The van der Waals surface area contributed by atoms with Crippen molar-refractivity contribution in [1.29, 1.82) is 0 Å². The Morgan fingerprint density at radius 3 is 2.70 bits per heavy atom. The number of ether oxygens (including phenoxy) is 1. The number of rotatable bonds is 5. The molecule has 0 atom stereocenters. The van der Waals surface area contributed by atoms with E-state index in [4.69, 9.17) is 14.3 Å². The summed E-state index contributed by atoms with van der Waals surface area (Å²) >= 11 is 6.83. The first-order valence-corrected chi connectivity index (χ1v) is 7.18. The minimum atomic E-state index is -1.08. The molecule has 2 rings (SSSR count). The highest BCUT2D eigenvalue weighted by Crippen LogP contribution is 2.34. The lowest BCUT2D eigenvalue weighted by Gasteiger charge is -2.11. The summed E-state index contributed by atoms with van der Waals surface area (Å²) in [6, 6.07) is 6.75. The summed E-state index contributed by atoms with van der Waals surface area (Å²) in [4.78, 5) is 10.7. The molecule has 0 aliphatic rings. The number of benzene rings is 1. The van der Waals surface area contributed by atoms with Crippen LogP contribution in [0.2, 0.25) is 0 Å². The van der Waals surface area contributed by atoms with Gasteiger partial charge in [0.2, 0.25) is 5.76 Å². The molecule has 0 fully saturated rings. The van der Waals surface area contributed by atoms with Crippen LogP contribution in [0.4, 0.5) is 5.69 Å². The summed E-state index contributed by atoms with van der Waals surface area (Å²) in [5, 5.41) is 11.9. The van der Waals surface area contributed by atoms with Crippen molar-refractivity contribution in [3.63, 3.8) is 0 Å². The van der Waals surface area contributed by atoms with Gasteiger partial charge < -0.3 is 19.6 Å². The predicted octanol–water partition coefficient (Wildman–Crippen LogP) is 4.12. The topological polar surface area (TPSA) is 71.7 Å². The Kier molecular flexibility index (Phi) is 4.72. The van der Waals surface area contributed by atoms with E-state index in [1.165, 1.54) is 6.07 Å². The number of carbonyl (C=O) groups is 1. The standard InChI is InChI=1S/C13H11Br2NO4/c1-19-12-5-10(8(14)4-9(12)15)16-6-7-2-3-11(20-7)13(17)18/h2-5,16H,6H2,1H3,(H,17,18). The Labute approximate surface area is 132 Å². The van der Waals surface area contributed by atoms with Crippen LogP contribution in [0.3, 0.4) is 0 Å². The van der Waals surface area contributed by atoms with Gasteiger partial charge in [-0.2, -0.15) is 0 Å². The van der Waals surface area contributed by atoms with Crippen molar-refractivity contribution < 1.29 is 19.1 Å². The molecular weight excluding hydrogens is 394 g/mol. The monoisotopic (exact) mass is 403 g/mol. The Bertz CT molecular complexity index is 639. The quantitative estimate of drug-likeness (QED) is 0.784. The first-order chi connectivity index (χ1) is 9.51. The average molecular weight is 405 g/mol. The predicted molar refractivity (Wildman–Crippen MR) is 81.4 cm³/mol. The lowest BCUT2D eigenvalue weighted by molar-refractivity contribution is 0.0660. The van der Waals surface area contributed by atoms with E-state index >= 15 is 0 Å². The van der Waals surface area contributed by atoms with E-state index in [0.717, 1.165) is 14.6 Å². The van der Waals surface area contributed by atoms with Crippen LogP contribution in [0.15, 0.2) is 37.6 Å². The number of anilines is 1. The molecule has 5 nitrogen and oxygen atoms in total. The van der Waals surface area contributed by atoms with Crippen LogP contribution in [0.1, 0.15) is 16.3 Å². The van der Waals surface area contributed by atoms with Gasteiger partial charge in [0, 0.05) is 10.5 Å². The number of carboxylic acids is 1. The van der Waals surface area contributed by atoms with Crippen molar-refractivity contribution in [2.45, 2.75) is 6.54 Å². The summed E-state index contributed by atoms with van der Waals surface area (Å²) in [5.41, 5.74) is 0.818. The number of carboxylic acid groups (broad SMARTS) is 1. The number of halogens is 2. The fraction of sp³-hybridized carbons (Fsp3) is 0.154. The smallest absolute Gasteiger partial charge is 0.371 e. The molecule has 0 unspecified atom stereocenters. The SMILES string of the molecule is COc1cc(NCc2ccc(C(=O)O)o2)c(Br)cc1Br. The Balaban J connectivity index is 2.12. The van der Waals surface area contributed by atoms with Gasteiger partial charge in [0.25, 0.3) is 0 Å². The van der Waals surface area contributed by atoms with Gasteiger partial charge in [-0.3, -0.25) is 0 Å². The molecule has 7 heteroatoms. The second kappa shape index (κ2) is 6.32. The van der Waals surface area contributed by atoms with Crippen LogP contribution >= 0.6 is 31.9 Å². The molecule has 1 heterocycles. The number of nitrogens with one attached hydrogen (secondary N) is 1.